The predicted molar refractivity (Wildman–Crippen MR) is 54.1 cm³/mol. The molecule has 0 saturated heterocycles. The van der Waals surface area contributed by atoms with Crippen LogP contribution in [0.5, 0.6) is 0 Å². The molecule has 0 heterocycles. The quantitative estimate of drug-likeness (QED) is 0.673. The van der Waals surface area contributed by atoms with E-state index in [1.807, 2.05) is 30.3 Å². The van der Waals surface area contributed by atoms with Crippen molar-refractivity contribution >= 4 is 0 Å². The normalized spacial score (nSPS) is 15.3. The molecule has 0 aliphatic rings. The van der Waals surface area contributed by atoms with Gasteiger partial charge in [0.25, 0.3) is 0 Å². The second-order valence-electron chi connectivity index (χ2n) is 3.86. The van der Waals surface area contributed by atoms with Gasteiger partial charge >= 0.3 is 0 Å². The van der Waals surface area contributed by atoms with Crippen LogP contribution in [0.2, 0.25) is 0 Å². The maximum Gasteiger partial charge on any atom is 0.105 e. The monoisotopic (exact) mass is 177 g/mol. The third kappa shape index (κ3) is 3.60. The molecular weight excluding hydrogens is 160 g/mol. The standard InChI is InChI=1S/C12H17O/c1-3-9-12(2,13)10-11-7-5-4-6-8-11/h4-8H,3,9-10H2,1-2H3. The van der Waals surface area contributed by atoms with E-state index in [0.29, 0.717) is 6.42 Å². The number of hydrogen-bond acceptors (Lipinski definition) is 0. The molecule has 71 valence electrons. The largest absolute Gasteiger partial charge is 0.229 e. The lowest BCUT2D eigenvalue weighted by Gasteiger charge is -2.19. The summed E-state index contributed by atoms with van der Waals surface area (Å²) in [6.45, 7) is 3.85. The van der Waals surface area contributed by atoms with Gasteiger partial charge in [-0.25, -0.2) is 5.11 Å². The van der Waals surface area contributed by atoms with E-state index >= 15 is 0 Å². The second-order valence-corrected chi connectivity index (χ2v) is 3.86. The lowest BCUT2D eigenvalue weighted by Crippen LogP contribution is -2.24. The minimum absolute atomic E-state index is 0.641. The van der Waals surface area contributed by atoms with Crippen molar-refractivity contribution in [3.8, 4) is 0 Å². The lowest BCUT2D eigenvalue weighted by molar-refractivity contribution is -0.0202. The highest BCUT2D eigenvalue weighted by Crippen LogP contribution is 2.18. The summed E-state index contributed by atoms with van der Waals surface area (Å²) in [5.41, 5.74) is 0.351. The summed E-state index contributed by atoms with van der Waals surface area (Å²) < 4.78 is 0. The van der Waals surface area contributed by atoms with Crippen molar-refractivity contribution < 1.29 is 5.11 Å². The average Bonchev–Trinajstić information content (AvgIpc) is 2.04. The van der Waals surface area contributed by atoms with E-state index in [4.69, 9.17) is 0 Å². The molecule has 1 radical (unpaired) electrons. The highest BCUT2D eigenvalue weighted by atomic mass is 16.3. The molecule has 1 aromatic carbocycles. The van der Waals surface area contributed by atoms with Gasteiger partial charge in [0.15, 0.2) is 0 Å². The number of hydrogen-bond donors (Lipinski definition) is 0. The van der Waals surface area contributed by atoms with Crippen LogP contribution in [0, 0.1) is 0 Å². The Morgan fingerprint density at radius 2 is 1.85 bits per heavy atom. The van der Waals surface area contributed by atoms with Crippen molar-refractivity contribution in [2.75, 3.05) is 0 Å². The molecule has 0 aromatic heterocycles. The van der Waals surface area contributed by atoms with Gasteiger partial charge in [0.2, 0.25) is 0 Å². The van der Waals surface area contributed by atoms with Gasteiger partial charge < -0.3 is 0 Å². The predicted octanol–water partition coefficient (Wildman–Crippen LogP) is 3.22. The maximum atomic E-state index is 11.9. The minimum atomic E-state index is -0.796. The van der Waals surface area contributed by atoms with Crippen LogP contribution in [0.4, 0.5) is 0 Å². The first kappa shape index (κ1) is 10.3. The summed E-state index contributed by atoms with van der Waals surface area (Å²) in [6, 6.07) is 9.98. The van der Waals surface area contributed by atoms with Gasteiger partial charge in [-0.15, -0.1) is 0 Å². The van der Waals surface area contributed by atoms with Crippen LogP contribution in [-0.2, 0) is 11.5 Å². The first-order valence-electron chi connectivity index (χ1n) is 4.88. The Labute approximate surface area is 80.4 Å². The van der Waals surface area contributed by atoms with Crippen LogP contribution in [0.15, 0.2) is 30.3 Å². The molecular formula is C12H17O. The molecule has 0 aliphatic heterocycles. The van der Waals surface area contributed by atoms with Gasteiger partial charge in [-0.3, -0.25) is 0 Å². The summed E-state index contributed by atoms with van der Waals surface area (Å²) >= 11 is 0. The van der Waals surface area contributed by atoms with Gasteiger partial charge in [0.05, 0.1) is 0 Å². The zero-order valence-corrected chi connectivity index (χ0v) is 8.42. The second kappa shape index (κ2) is 4.43. The first-order chi connectivity index (χ1) is 6.14. The number of rotatable bonds is 4. The van der Waals surface area contributed by atoms with Crippen molar-refractivity contribution in [1.82, 2.24) is 0 Å². The molecule has 1 heteroatoms. The minimum Gasteiger partial charge on any atom is -0.229 e. The Morgan fingerprint density at radius 3 is 2.38 bits per heavy atom. The van der Waals surface area contributed by atoms with E-state index in [1.54, 1.807) is 6.92 Å². The summed E-state index contributed by atoms with van der Waals surface area (Å²) in [6.07, 6.45) is 2.36. The molecule has 0 amide bonds. The van der Waals surface area contributed by atoms with E-state index in [1.165, 1.54) is 0 Å². The van der Waals surface area contributed by atoms with E-state index in [-0.39, 0.29) is 0 Å². The molecule has 0 spiro atoms. The topological polar surface area (TPSA) is 19.9 Å². The molecule has 0 bridgehead atoms. The summed E-state index contributed by atoms with van der Waals surface area (Å²) in [5, 5.41) is 11.9. The van der Waals surface area contributed by atoms with Crippen LogP contribution in [0.3, 0.4) is 0 Å². The van der Waals surface area contributed by atoms with Gasteiger partial charge in [0, 0.05) is 6.42 Å². The third-order valence-electron chi connectivity index (χ3n) is 2.20. The molecule has 1 aromatic rings. The number of benzene rings is 1. The average molecular weight is 177 g/mol. The van der Waals surface area contributed by atoms with Gasteiger partial charge in [-0.1, -0.05) is 43.7 Å². The molecule has 0 N–H and O–H groups in total. The molecule has 13 heavy (non-hydrogen) atoms. The van der Waals surface area contributed by atoms with Crippen LogP contribution in [0.25, 0.3) is 0 Å². The summed E-state index contributed by atoms with van der Waals surface area (Å²) in [5.74, 6) is 0. The van der Waals surface area contributed by atoms with Gasteiger partial charge in [0.1, 0.15) is 5.60 Å². The molecule has 1 atom stereocenters. The van der Waals surface area contributed by atoms with E-state index in [0.717, 1.165) is 18.4 Å². The highest BCUT2D eigenvalue weighted by molar-refractivity contribution is 5.16. The molecule has 1 rings (SSSR count). The van der Waals surface area contributed by atoms with Crippen LogP contribution in [-0.4, -0.2) is 5.60 Å². The van der Waals surface area contributed by atoms with Crippen molar-refractivity contribution in [2.24, 2.45) is 0 Å². The molecule has 1 nitrogen and oxygen atoms in total. The van der Waals surface area contributed by atoms with Gasteiger partial charge in [-0.2, -0.15) is 0 Å². The van der Waals surface area contributed by atoms with Crippen molar-refractivity contribution in [2.45, 2.75) is 38.7 Å². The van der Waals surface area contributed by atoms with Gasteiger partial charge in [-0.05, 0) is 18.9 Å². The van der Waals surface area contributed by atoms with Crippen molar-refractivity contribution in [3.05, 3.63) is 35.9 Å². The van der Waals surface area contributed by atoms with E-state index < -0.39 is 5.60 Å². The SMILES string of the molecule is CCCC(C)([O])Cc1ccccc1. The molecule has 1 unspecified atom stereocenters. The fourth-order valence-corrected chi connectivity index (χ4v) is 1.64. The Morgan fingerprint density at radius 1 is 1.23 bits per heavy atom. The van der Waals surface area contributed by atoms with Crippen molar-refractivity contribution in [3.63, 3.8) is 0 Å². The third-order valence-corrected chi connectivity index (χ3v) is 2.20. The van der Waals surface area contributed by atoms with Crippen LogP contribution < -0.4 is 0 Å². The first-order valence-corrected chi connectivity index (χ1v) is 4.88. The Balaban J connectivity index is 2.58. The zero-order chi connectivity index (χ0) is 9.73. The van der Waals surface area contributed by atoms with E-state index in [2.05, 4.69) is 6.92 Å². The Hall–Kier alpha value is -0.820. The highest BCUT2D eigenvalue weighted by Gasteiger charge is 2.21. The Kier molecular flexibility index (Phi) is 3.49. The molecule has 0 saturated carbocycles. The maximum absolute atomic E-state index is 11.9. The smallest absolute Gasteiger partial charge is 0.105 e. The fraction of sp³-hybridized carbons (Fsp3) is 0.500. The summed E-state index contributed by atoms with van der Waals surface area (Å²) in [7, 11) is 0. The molecule has 0 fully saturated rings. The zero-order valence-electron chi connectivity index (χ0n) is 8.42. The molecule has 0 aliphatic carbocycles. The fourth-order valence-electron chi connectivity index (χ4n) is 1.64. The van der Waals surface area contributed by atoms with Crippen LogP contribution in [0.1, 0.15) is 32.3 Å². The Bertz CT molecular complexity index is 239. The lowest BCUT2D eigenvalue weighted by atomic mass is 9.92. The van der Waals surface area contributed by atoms with Crippen LogP contribution >= 0.6 is 0 Å². The van der Waals surface area contributed by atoms with E-state index in [9.17, 15) is 5.11 Å². The summed E-state index contributed by atoms with van der Waals surface area (Å²) in [4.78, 5) is 0. The van der Waals surface area contributed by atoms with Crippen molar-refractivity contribution in [1.29, 1.82) is 0 Å².